The van der Waals surface area contributed by atoms with Gasteiger partial charge < -0.3 is 15.3 Å². The van der Waals surface area contributed by atoms with Gasteiger partial charge in [0.05, 0.1) is 11.4 Å². The van der Waals surface area contributed by atoms with E-state index >= 15 is 0 Å². The Morgan fingerprint density at radius 3 is 2.93 bits per heavy atom. The summed E-state index contributed by atoms with van der Waals surface area (Å²) in [7, 11) is 0. The van der Waals surface area contributed by atoms with Crippen molar-refractivity contribution < 1.29 is 5.11 Å². The SMILES string of the molecule is CC(O)N1c2ccccc2NC[C@@H]1C. The quantitative estimate of drug-likeness (QED) is 0.710. The van der Waals surface area contributed by atoms with Gasteiger partial charge in [0.1, 0.15) is 6.23 Å². The fourth-order valence-electron chi connectivity index (χ4n) is 2.01. The minimum Gasteiger partial charge on any atom is -0.381 e. The summed E-state index contributed by atoms with van der Waals surface area (Å²) in [6.07, 6.45) is -0.437. The molecule has 1 heterocycles. The molecule has 0 fully saturated rings. The number of rotatable bonds is 1. The highest BCUT2D eigenvalue weighted by Crippen LogP contribution is 2.31. The van der Waals surface area contributed by atoms with Crippen molar-refractivity contribution in [3.63, 3.8) is 0 Å². The van der Waals surface area contributed by atoms with Crippen LogP contribution in [0.3, 0.4) is 0 Å². The third-order valence-corrected chi connectivity index (χ3v) is 2.65. The predicted octanol–water partition coefficient (Wildman–Crippen LogP) is 1.65. The molecule has 0 bridgehead atoms. The Kier molecular flexibility index (Phi) is 2.33. The zero-order valence-electron chi connectivity index (χ0n) is 8.57. The summed E-state index contributed by atoms with van der Waals surface area (Å²) in [5.74, 6) is 0. The van der Waals surface area contributed by atoms with Gasteiger partial charge in [0, 0.05) is 12.6 Å². The Morgan fingerprint density at radius 2 is 2.21 bits per heavy atom. The van der Waals surface area contributed by atoms with Gasteiger partial charge in [-0.1, -0.05) is 12.1 Å². The fraction of sp³-hybridized carbons (Fsp3) is 0.455. The van der Waals surface area contributed by atoms with E-state index in [4.69, 9.17) is 0 Å². The molecule has 76 valence electrons. The molecular formula is C11H16N2O. The first-order chi connectivity index (χ1) is 6.70. The Balaban J connectivity index is 2.41. The predicted molar refractivity (Wildman–Crippen MR) is 58.6 cm³/mol. The van der Waals surface area contributed by atoms with Gasteiger partial charge in [0.15, 0.2) is 0 Å². The molecule has 0 amide bonds. The lowest BCUT2D eigenvalue weighted by Crippen LogP contribution is -2.47. The van der Waals surface area contributed by atoms with Gasteiger partial charge in [0.2, 0.25) is 0 Å². The largest absolute Gasteiger partial charge is 0.381 e. The van der Waals surface area contributed by atoms with Crippen molar-refractivity contribution in [1.29, 1.82) is 0 Å². The number of hydrogen-bond donors (Lipinski definition) is 2. The second kappa shape index (κ2) is 3.50. The zero-order chi connectivity index (χ0) is 10.1. The molecule has 0 aromatic heterocycles. The van der Waals surface area contributed by atoms with Crippen LogP contribution in [0.2, 0.25) is 0 Å². The summed E-state index contributed by atoms with van der Waals surface area (Å²) in [6.45, 7) is 4.79. The minimum atomic E-state index is -0.437. The number of nitrogens with one attached hydrogen (secondary N) is 1. The molecule has 1 aromatic carbocycles. The van der Waals surface area contributed by atoms with E-state index in [0.29, 0.717) is 6.04 Å². The monoisotopic (exact) mass is 192 g/mol. The molecule has 14 heavy (non-hydrogen) atoms. The number of hydrogen-bond acceptors (Lipinski definition) is 3. The van der Waals surface area contributed by atoms with Gasteiger partial charge in [-0.25, -0.2) is 0 Å². The topological polar surface area (TPSA) is 35.5 Å². The van der Waals surface area contributed by atoms with Crippen LogP contribution in [0.15, 0.2) is 24.3 Å². The Morgan fingerprint density at radius 1 is 1.50 bits per heavy atom. The lowest BCUT2D eigenvalue weighted by Gasteiger charge is -2.39. The lowest BCUT2D eigenvalue weighted by molar-refractivity contribution is 0.179. The summed E-state index contributed by atoms with van der Waals surface area (Å²) < 4.78 is 0. The molecule has 2 N–H and O–H groups in total. The summed E-state index contributed by atoms with van der Waals surface area (Å²) in [5, 5.41) is 13.0. The number of nitrogens with zero attached hydrogens (tertiary/aromatic N) is 1. The Labute approximate surface area is 84.4 Å². The zero-order valence-corrected chi connectivity index (χ0v) is 8.57. The average Bonchev–Trinajstić information content (AvgIpc) is 2.17. The van der Waals surface area contributed by atoms with Crippen molar-refractivity contribution in [1.82, 2.24) is 0 Å². The molecule has 2 rings (SSSR count). The highest BCUT2D eigenvalue weighted by atomic mass is 16.3. The average molecular weight is 192 g/mol. The van der Waals surface area contributed by atoms with Crippen molar-refractivity contribution in [3.8, 4) is 0 Å². The second-order valence-corrected chi connectivity index (χ2v) is 3.79. The lowest BCUT2D eigenvalue weighted by atomic mass is 10.1. The molecule has 0 saturated heterocycles. The molecule has 1 aliphatic rings. The smallest absolute Gasteiger partial charge is 0.124 e. The third kappa shape index (κ3) is 1.44. The second-order valence-electron chi connectivity index (χ2n) is 3.79. The molecule has 0 spiro atoms. The molecular weight excluding hydrogens is 176 g/mol. The summed E-state index contributed by atoms with van der Waals surface area (Å²) in [6, 6.07) is 8.39. The normalized spacial score (nSPS) is 22.5. The fourth-order valence-corrected chi connectivity index (χ4v) is 2.01. The standard InChI is InChI=1S/C11H16N2O/c1-8-7-12-10-5-3-4-6-11(10)13(8)9(2)14/h3-6,8-9,12,14H,7H2,1-2H3/t8-,9?/m0/s1. The first-order valence-electron chi connectivity index (χ1n) is 4.99. The van der Waals surface area contributed by atoms with E-state index in [-0.39, 0.29) is 0 Å². The van der Waals surface area contributed by atoms with Gasteiger partial charge in [-0.3, -0.25) is 0 Å². The molecule has 0 radical (unpaired) electrons. The number of fused-ring (bicyclic) bond motifs is 1. The number of para-hydroxylation sites is 2. The Bertz CT molecular complexity index is 325. The molecule has 0 aliphatic carbocycles. The first-order valence-corrected chi connectivity index (χ1v) is 4.99. The van der Waals surface area contributed by atoms with E-state index < -0.39 is 6.23 Å². The molecule has 3 nitrogen and oxygen atoms in total. The summed E-state index contributed by atoms with van der Waals surface area (Å²) in [5.41, 5.74) is 2.19. The van der Waals surface area contributed by atoms with Crippen LogP contribution in [0, 0.1) is 0 Å². The van der Waals surface area contributed by atoms with Gasteiger partial charge in [0.25, 0.3) is 0 Å². The maximum absolute atomic E-state index is 9.69. The van der Waals surface area contributed by atoms with Crippen LogP contribution >= 0.6 is 0 Å². The van der Waals surface area contributed by atoms with Crippen LogP contribution in [-0.4, -0.2) is 23.9 Å². The third-order valence-electron chi connectivity index (χ3n) is 2.65. The van der Waals surface area contributed by atoms with Crippen LogP contribution in [0.25, 0.3) is 0 Å². The van der Waals surface area contributed by atoms with Gasteiger partial charge in [-0.05, 0) is 26.0 Å². The molecule has 1 aliphatic heterocycles. The number of anilines is 2. The number of aliphatic hydroxyl groups excluding tert-OH is 1. The van der Waals surface area contributed by atoms with E-state index in [1.165, 1.54) is 0 Å². The molecule has 1 unspecified atom stereocenters. The van der Waals surface area contributed by atoms with Crippen molar-refractivity contribution in [2.75, 3.05) is 16.8 Å². The van der Waals surface area contributed by atoms with Gasteiger partial charge in [-0.2, -0.15) is 0 Å². The van der Waals surface area contributed by atoms with E-state index in [1.54, 1.807) is 6.92 Å². The van der Waals surface area contributed by atoms with E-state index in [1.807, 2.05) is 29.2 Å². The van der Waals surface area contributed by atoms with E-state index in [2.05, 4.69) is 12.2 Å². The summed E-state index contributed by atoms with van der Waals surface area (Å²) >= 11 is 0. The van der Waals surface area contributed by atoms with Gasteiger partial charge in [-0.15, -0.1) is 0 Å². The van der Waals surface area contributed by atoms with E-state index in [0.717, 1.165) is 17.9 Å². The van der Waals surface area contributed by atoms with E-state index in [9.17, 15) is 5.11 Å². The van der Waals surface area contributed by atoms with Gasteiger partial charge >= 0.3 is 0 Å². The number of benzene rings is 1. The summed E-state index contributed by atoms with van der Waals surface area (Å²) in [4.78, 5) is 2.03. The molecule has 0 saturated carbocycles. The molecule has 1 aromatic rings. The van der Waals surface area contributed by atoms with Crippen LogP contribution in [0.5, 0.6) is 0 Å². The first kappa shape index (κ1) is 9.34. The van der Waals surface area contributed by atoms with Crippen LogP contribution < -0.4 is 10.2 Å². The van der Waals surface area contributed by atoms with Crippen molar-refractivity contribution in [2.24, 2.45) is 0 Å². The number of aliphatic hydroxyl groups is 1. The van der Waals surface area contributed by atoms with Crippen molar-refractivity contribution >= 4 is 11.4 Å². The maximum Gasteiger partial charge on any atom is 0.124 e. The highest BCUT2D eigenvalue weighted by Gasteiger charge is 2.24. The maximum atomic E-state index is 9.69. The van der Waals surface area contributed by atoms with Crippen molar-refractivity contribution in [2.45, 2.75) is 26.1 Å². The van der Waals surface area contributed by atoms with Crippen LogP contribution in [0.1, 0.15) is 13.8 Å². The Hall–Kier alpha value is -1.22. The highest BCUT2D eigenvalue weighted by molar-refractivity contribution is 5.72. The minimum absolute atomic E-state index is 0.324. The molecule has 2 atom stereocenters. The molecule has 3 heteroatoms. The van der Waals surface area contributed by atoms with Crippen LogP contribution in [0.4, 0.5) is 11.4 Å². The van der Waals surface area contributed by atoms with Crippen molar-refractivity contribution in [3.05, 3.63) is 24.3 Å². The van der Waals surface area contributed by atoms with Crippen LogP contribution in [-0.2, 0) is 0 Å².